The van der Waals surface area contributed by atoms with Crippen molar-refractivity contribution in [3.63, 3.8) is 0 Å². The van der Waals surface area contributed by atoms with Gasteiger partial charge in [-0.05, 0) is 31.7 Å². The number of aromatic nitrogens is 2. The van der Waals surface area contributed by atoms with Gasteiger partial charge in [-0.2, -0.15) is 5.10 Å². The molecule has 0 unspecified atom stereocenters. The van der Waals surface area contributed by atoms with Gasteiger partial charge in [0.15, 0.2) is 0 Å². The van der Waals surface area contributed by atoms with Crippen LogP contribution in [0.4, 0.5) is 0 Å². The maximum Gasteiger partial charge on any atom is 0.241 e. The van der Waals surface area contributed by atoms with E-state index in [1.807, 2.05) is 40.7 Å². The van der Waals surface area contributed by atoms with Gasteiger partial charge in [0.25, 0.3) is 0 Å². The van der Waals surface area contributed by atoms with E-state index in [-0.39, 0.29) is 17.9 Å². The summed E-state index contributed by atoms with van der Waals surface area (Å²) in [5, 5.41) is 16.9. The molecular weight excluding hydrogens is 242 g/mol. The van der Waals surface area contributed by atoms with Crippen molar-refractivity contribution in [3.8, 4) is 0 Å². The van der Waals surface area contributed by atoms with Crippen molar-refractivity contribution in [3.05, 3.63) is 17.5 Å². The molecule has 0 aromatic carbocycles. The molecule has 2 N–H and O–H groups in total. The maximum absolute atomic E-state index is 11.8. The minimum Gasteiger partial charge on any atom is -0.393 e. The highest BCUT2D eigenvalue weighted by atomic mass is 16.3. The molecule has 0 radical (unpaired) electrons. The monoisotopic (exact) mass is 267 g/mol. The zero-order valence-electron chi connectivity index (χ0n) is 12.5. The van der Waals surface area contributed by atoms with Gasteiger partial charge in [0.05, 0.1) is 11.8 Å². The topological polar surface area (TPSA) is 67.2 Å². The average molecular weight is 267 g/mol. The van der Waals surface area contributed by atoms with Gasteiger partial charge in [0.1, 0.15) is 6.54 Å². The normalized spacial score (nSPS) is 13.4. The van der Waals surface area contributed by atoms with Crippen LogP contribution in [-0.4, -0.2) is 33.4 Å². The molecule has 1 rings (SSSR count). The Morgan fingerprint density at radius 2 is 2.11 bits per heavy atom. The summed E-state index contributed by atoms with van der Waals surface area (Å²) in [5.41, 5.74) is 1.73. The predicted molar refractivity (Wildman–Crippen MR) is 74.8 cm³/mol. The molecule has 1 aromatic rings. The van der Waals surface area contributed by atoms with Crippen LogP contribution in [0.15, 0.2) is 6.07 Å². The van der Waals surface area contributed by atoms with Crippen LogP contribution >= 0.6 is 0 Å². The van der Waals surface area contributed by atoms with Crippen LogP contribution in [0.5, 0.6) is 0 Å². The summed E-state index contributed by atoms with van der Waals surface area (Å²) >= 11 is 0. The van der Waals surface area contributed by atoms with Crippen molar-refractivity contribution >= 4 is 5.91 Å². The molecule has 0 bridgehead atoms. The molecule has 19 heavy (non-hydrogen) atoms. The maximum atomic E-state index is 11.8. The molecule has 0 spiro atoms. The lowest BCUT2D eigenvalue weighted by atomic mass is 9.87. The smallest absolute Gasteiger partial charge is 0.241 e. The van der Waals surface area contributed by atoms with Crippen molar-refractivity contribution in [2.24, 2.45) is 5.41 Å². The Hall–Kier alpha value is -1.36. The summed E-state index contributed by atoms with van der Waals surface area (Å²) in [6.07, 6.45) is 0.147. The number of aliphatic hydroxyl groups excluding tert-OH is 1. The summed E-state index contributed by atoms with van der Waals surface area (Å²) in [5.74, 6) is -0.0766. The highest BCUT2D eigenvalue weighted by Gasteiger charge is 2.21. The Morgan fingerprint density at radius 3 is 2.58 bits per heavy atom. The Morgan fingerprint density at radius 1 is 1.47 bits per heavy atom. The second kappa shape index (κ2) is 6.19. The number of carbonyl (C=O) groups excluding carboxylic acids is 1. The molecule has 0 aliphatic carbocycles. The number of carbonyl (C=O) groups is 1. The average Bonchev–Trinajstić information content (AvgIpc) is 2.55. The molecule has 108 valence electrons. The SMILES string of the molecule is Cc1cc(C)n(CC(=O)NCC[C@@H](O)C(C)(C)C)n1. The number of nitrogens with one attached hydrogen (secondary N) is 1. The van der Waals surface area contributed by atoms with Crippen LogP contribution < -0.4 is 5.32 Å². The largest absolute Gasteiger partial charge is 0.393 e. The van der Waals surface area contributed by atoms with Gasteiger partial charge < -0.3 is 10.4 Å². The van der Waals surface area contributed by atoms with Crippen LogP contribution in [0, 0.1) is 19.3 Å². The zero-order chi connectivity index (χ0) is 14.6. The second-order valence-electron chi connectivity index (χ2n) is 6.11. The van der Waals surface area contributed by atoms with Crippen LogP contribution in [-0.2, 0) is 11.3 Å². The highest BCUT2D eigenvalue weighted by Crippen LogP contribution is 2.20. The number of nitrogens with zero attached hydrogens (tertiary/aromatic N) is 2. The Balaban J connectivity index is 2.35. The molecule has 1 atom stereocenters. The first-order chi connectivity index (χ1) is 8.70. The molecular formula is C14H25N3O2. The van der Waals surface area contributed by atoms with Crippen LogP contribution in [0.2, 0.25) is 0 Å². The van der Waals surface area contributed by atoms with Crippen LogP contribution in [0.1, 0.15) is 38.6 Å². The molecule has 5 heteroatoms. The second-order valence-corrected chi connectivity index (χ2v) is 6.11. The van der Waals surface area contributed by atoms with E-state index in [1.165, 1.54) is 0 Å². The van der Waals surface area contributed by atoms with E-state index >= 15 is 0 Å². The van der Waals surface area contributed by atoms with Crippen molar-refractivity contribution in [2.75, 3.05) is 6.54 Å². The number of hydrogen-bond acceptors (Lipinski definition) is 3. The van der Waals surface area contributed by atoms with E-state index in [1.54, 1.807) is 4.68 Å². The summed E-state index contributed by atoms with van der Waals surface area (Å²) in [6.45, 7) is 10.5. The molecule has 1 heterocycles. The third kappa shape index (κ3) is 5.03. The quantitative estimate of drug-likeness (QED) is 0.847. The van der Waals surface area contributed by atoms with Crippen molar-refractivity contribution < 1.29 is 9.90 Å². The molecule has 1 aromatic heterocycles. The first-order valence-electron chi connectivity index (χ1n) is 6.66. The standard InChI is InChI=1S/C14H25N3O2/c1-10-8-11(2)17(16-10)9-13(19)15-7-6-12(18)14(3,4)5/h8,12,18H,6-7,9H2,1-5H3,(H,15,19)/t12-/m1/s1. The molecule has 5 nitrogen and oxygen atoms in total. The van der Waals surface area contributed by atoms with E-state index in [0.29, 0.717) is 13.0 Å². The molecule has 0 saturated heterocycles. The number of aliphatic hydroxyl groups is 1. The number of aryl methyl sites for hydroxylation is 2. The first kappa shape index (κ1) is 15.7. The molecule has 0 aliphatic rings. The molecule has 1 amide bonds. The van der Waals surface area contributed by atoms with E-state index in [4.69, 9.17) is 0 Å². The lowest BCUT2D eigenvalue weighted by Gasteiger charge is -2.25. The van der Waals surface area contributed by atoms with E-state index in [2.05, 4.69) is 10.4 Å². The van der Waals surface area contributed by atoms with Crippen molar-refractivity contribution in [1.29, 1.82) is 0 Å². The van der Waals surface area contributed by atoms with E-state index < -0.39 is 6.10 Å². The lowest BCUT2D eigenvalue weighted by molar-refractivity contribution is -0.122. The third-order valence-electron chi connectivity index (χ3n) is 3.14. The third-order valence-corrected chi connectivity index (χ3v) is 3.14. The molecule has 0 saturated carbocycles. The fourth-order valence-electron chi connectivity index (χ4n) is 1.81. The summed E-state index contributed by atoms with van der Waals surface area (Å²) in [7, 11) is 0. The Kier molecular flexibility index (Phi) is 5.11. The van der Waals surface area contributed by atoms with Gasteiger partial charge in [-0.25, -0.2) is 0 Å². The first-order valence-corrected chi connectivity index (χ1v) is 6.66. The minimum atomic E-state index is -0.415. The molecule has 0 fully saturated rings. The van der Waals surface area contributed by atoms with Gasteiger partial charge in [0, 0.05) is 12.2 Å². The Bertz CT molecular complexity index is 432. The number of hydrogen-bond donors (Lipinski definition) is 2. The van der Waals surface area contributed by atoms with Gasteiger partial charge >= 0.3 is 0 Å². The fourth-order valence-corrected chi connectivity index (χ4v) is 1.81. The summed E-state index contributed by atoms with van der Waals surface area (Å²) < 4.78 is 1.69. The lowest BCUT2D eigenvalue weighted by Crippen LogP contribution is -2.34. The number of amides is 1. The van der Waals surface area contributed by atoms with Gasteiger partial charge in [0.2, 0.25) is 5.91 Å². The summed E-state index contributed by atoms with van der Waals surface area (Å²) in [6, 6.07) is 1.94. The number of rotatable bonds is 5. The highest BCUT2D eigenvalue weighted by molar-refractivity contribution is 5.75. The van der Waals surface area contributed by atoms with Gasteiger partial charge in [-0.15, -0.1) is 0 Å². The van der Waals surface area contributed by atoms with E-state index in [0.717, 1.165) is 11.4 Å². The predicted octanol–water partition coefficient (Wildman–Crippen LogP) is 1.41. The zero-order valence-corrected chi connectivity index (χ0v) is 12.5. The van der Waals surface area contributed by atoms with Crippen LogP contribution in [0.3, 0.4) is 0 Å². The Labute approximate surface area is 115 Å². The van der Waals surface area contributed by atoms with Gasteiger partial charge in [-0.1, -0.05) is 20.8 Å². The van der Waals surface area contributed by atoms with E-state index in [9.17, 15) is 9.90 Å². The fraction of sp³-hybridized carbons (Fsp3) is 0.714. The van der Waals surface area contributed by atoms with Crippen LogP contribution in [0.25, 0.3) is 0 Å². The summed E-state index contributed by atoms with van der Waals surface area (Å²) in [4.78, 5) is 11.8. The van der Waals surface area contributed by atoms with Gasteiger partial charge in [-0.3, -0.25) is 9.48 Å². The van der Waals surface area contributed by atoms with Crippen molar-refractivity contribution in [2.45, 2.75) is 53.7 Å². The minimum absolute atomic E-state index is 0.0766. The molecule has 0 aliphatic heterocycles. The van der Waals surface area contributed by atoms with Crippen molar-refractivity contribution in [1.82, 2.24) is 15.1 Å².